The quantitative estimate of drug-likeness (QED) is 0.918. The fraction of sp³-hybridized carbons (Fsp3) is 0.471. The van der Waals surface area contributed by atoms with Crippen molar-refractivity contribution in [1.29, 1.82) is 0 Å². The van der Waals surface area contributed by atoms with E-state index in [1.54, 1.807) is 0 Å². The van der Waals surface area contributed by atoms with E-state index >= 15 is 0 Å². The summed E-state index contributed by atoms with van der Waals surface area (Å²) < 4.78 is 1.81. The molecule has 2 aromatic rings. The predicted octanol–water partition coefficient (Wildman–Crippen LogP) is 3.92. The van der Waals surface area contributed by atoms with Crippen LogP contribution < -0.4 is 5.73 Å². The minimum atomic E-state index is 0.554. The molecule has 1 aromatic heterocycles. The number of nitrogens with two attached hydrogens (primary N) is 1. The molecule has 1 heterocycles. The molecule has 1 aliphatic rings. The van der Waals surface area contributed by atoms with Crippen LogP contribution in [0.4, 0.5) is 5.82 Å². The van der Waals surface area contributed by atoms with E-state index in [9.17, 15) is 0 Å². The van der Waals surface area contributed by atoms with Crippen LogP contribution in [0, 0.1) is 5.92 Å². The molecule has 1 aromatic carbocycles. The number of nitrogens with zero attached hydrogens (tertiary/aromatic N) is 2. The highest BCUT2D eigenvalue weighted by atomic mass is 15.3. The Morgan fingerprint density at radius 3 is 2.35 bits per heavy atom. The van der Waals surface area contributed by atoms with Crippen molar-refractivity contribution < 1.29 is 0 Å². The van der Waals surface area contributed by atoms with Crippen molar-refractivity contribution in [2.75, 3.05) is 5.73 Å². The molecule has 20 heavy (non-hydrogen) atoms. The number of rotatable bonds is 3. The Kier molecular flexibility index (Phi) is 3.08. The van der Waals surface area contributed by atoms with Gasteiger partial charge in [0.2, 0.25) is 0 Å². The lowest BCUT2D eigenvalue weighted by atomic mass is 9.97. The van der Waals surface area contributed by atoms with Crippen molar-refractivity contribution in [3.8, 4) is 11.1 Å². The first-order chi connectivity index (χ1) is 9.49. The molecule has 3 nitrogen and oxygen atoms in total. The number of nitrogen functional groups attached to an aromatic ring is 1. The summed E-state index contributed by atoms with van der Waals surface area (Å²) in [7, 11) is 1.93. The van der Waals surface area contributed by atoms with Gasteiger partial charge in [0.05, 0.1) is 5.69 Å². The summed E-state index contributed by atoms with van der Waals surface area (Å²) in [6, 6.07) is 8.76. The van der Waals surface area contributed by atoms with Crippen LogP contribution in [0.2, 0.25) is 0 Å². The standard InChI is InChI=1S/C17H23N3/c1-10(2)12-5-7-13(8-6-12)15-16(14-9-11(14)3)19-20(4)17(15)18/h5-8,10-11,14H,9,18H2,1-4H3. The fourth-order valence-electron chi connectivity index (χ4n) is 2.85. The Bertz CT molecular complexity index is 622. The smallest absolute Gasteiger partial charge is 0.129 e. The Balaban J connectivity index is 2.04. The molecule has 0 aliphatic heterocycles. The number of anilines is 1. The van der Waals surface area contributed by atoms with Gasteiger partial charge in [-0.05, 0) is 29.4 Å². The second-order valence-corrected chi connectivity index (χ2v) is 6.37. The first-order valence-corrected chi connectivity index (χ1v) is 7.41. The predicted molar refractivity (Wildman–Crippen MR) is 83.7 cm³/mol. The number of aryl methyl sites for hydroxylation is 1. The second-order valence-electron chi connectivity index (χ2n) is 6.37. The van der Waals surface area contributed by atoms with Gasteiger partial charge in [-0.3, -0.25) is 4.68 Å². The zero-order chi connectivity index (χ0) is 14.4. The van der Waals surface area contributed by atoms with E-state index in [0.29, 0.717) is 11.8 Å². The zero-order valence-electron chi connectivity index (χ0n) is 12.7. The highest BCUT2D eigenvalue weighted by Crippen LogP contribution is 2.50. The Labute approximate surface area is 120 Å². The molecular weight excluding hydrogens is 246 g/mol. The van der Waals surface area contributed by atoms with Crippen LogP contribution in [0.15, 0.2) is 24.3 Å². The molecule has 2 atom stereocenters. The van der Waals surface area contributed by atoms with E-state index in [0.717, 1.165) is 17.3 Å². The second kappa shape index (κ2) is 4.65. The van der Waals surface area contributed by atoms with Crippen LogP contribution in [0.25, 0.3) is 11.1 Å². The molecule has 0 spiro atoms. The summed E-state index contributed by atoms with van der Waals surface area (Å²) in [5.41, 5.74) is 11.1. The van der Waals surface area contributed by atoms with Gasteiger partial charge in [-0.25, -0.2) is 0 Å². The average Bonchev–Trinajstić information content (AvgIpc) is 3.07. The molecule has 0 radical (unpaired) electrons. The van der Waals surface area contributed by atoms with E-state index in [1.807, 2.05) is 11.7 Å². The third-order valence-electron chi connectivity index (χ3n) is 4.45. The Morgan fingerprint density at radius 2 is 1.85 bits per heavy atom. The van der Waals surface area contributed by atoms with E-state index in [2.05, 4.69) is 50.1 Å². The summed E-state index contributed by atoms with van der Waals surface area (Å²) in [5.74, 6) is 2.64. The van der Waals surface area contributed by atoms with Crippen LogP contribution >= 0.6 is 0 Å². The molecule has 1 fully saturated rings. The Morgan fingerprint density at radius 1 is 1.25 bits per heavy atom. The van der Waals surface area contributed by atoms with Crippen molar-refractivity contribution in [3.63, 3.8) is 0 Å². The van der Waals surface area contributed by atoms with Gasteiger partial charge < -0.3 is 5.73 Å². The van der Waals surface area contributed by atoms with Gasteiger partial charge >= 0.3 is 0 Å². The zero-order valence-corrected chi connectivity index (χ0v) is 12.7. The van der Waals surface area contributed by atoms with Crippen LogP contribution in [0.3, 0.4) is 0 Å². The number of hydrogen-bond donors (Lipinski definition) is 1. The van der Waals surface area contributed by atoms with Crippen molar-refractivity contribution >= 4 is 5.82 Å². The summed E-state index contributed by atoms with van der Waals surface area (Å²) in [5, 5.41) is 4.65. The lowest BCUT2D eigenvalue weighted by molar-refractivity contribution is 0.743. The Hall–Kier alpha value is -1.77. The van der Waals surface area contributed by atoms with Crippen molar-refractivity contribution in [1.82, 2.24) is 9.78 Å². The first kappa shape index (κ1) is 13.2. The van der Waals surface area contributed by atoms with Gasteiger partial charge in [0.25, 0.3) is 0 Å². The lowest BCUT2D eigenvalue weighted by Gasteiger charge is -2.08. The van der Waals surface area contributed by atoms with Crippen LogP contribution in [-0.2, 0) is 7.05 Å². The molecular formula is C17H23N3. The third-order valence-corrected chi connectivity index (χ3v) is 4.45. The maximum absolute atomic E-state index is 6.24. The third kappa shape index (κ3) is 2.11. The number of benzene rings is 1. The molecule has 0 bridgehead atoms. The molecule has 3 heteroatoms. The molecule has 3 rings (SSSR count). The summed E-state index contributed by atoms with van der Waals surface area (Å²) in [6.45, 7) is 6.71. The maximum Gasteiger partial charge on any atom is 0.129 e. The highest BCUT2D eigenvalue weighted by Gasteiger charge is 2.39. The topological polar surface area (TPSA) is 43.8 Å². The fourth-order valence-corrected chi connectivity index (χ4v) is 2.85. The van der Waals surface area contributed by atoms with Gasteiger partial charge in [-0.2, -0.15) is 5.10 Å². The van der Waals surface area contributed by atoms with Crippen LogP contribution in [-0.4, -0.2) is 9.78 Å². The normalized spacial score (nSPS) is 21.4. The van der Waals surface area contributed by atoms with E-state index in [4.69, 9.17) is 5.73 Å². The van der Waals surface area contributed by atoms with Gasteiger partial charge in [-0.15, -0.1) is 0 Å². The molecule has 2 unspecified atom stereocenters. The van der Waals surface area contributed by atoms with Crippen molar-refractivity contribution in [3.05, 3.63) is 35.5 Å². The van der Waals surface area contributed by atoms with Crippen LogP contribution in [0.1, 0.15) is 50.3 Å². The average molecular weight is 269 g/mol. The van der Waals surface area contributed by atoms with E-state index in [1.165, 1.54) is 23.2 Å². The molecule has 1 aliphatic carbocycles. The molecule has 0 amide bonds. The first-order valence-electron chi connectivity index (χ1n) is 7.41. The van der Waals surface area contributed by atoms with Gasteiger partial charge in [0.1, 0.15) is 5.82 Å². The van der Waals surface area contributed by atoms with E-state index in [-0.39, 0.29) is 0 Å². The summed E-state index contributed by atoms with van der Waals surface area (Å²) >= 11 is 0. The monoisotopic (exact) mass is 269 g/mol. The maximum atomic E-state index is 6.24. The number of hydrogen-bond acceptors (Lipinski definition) is 2. The van der Waals surface area contributed by atoms with Gasteiger partial charge in [0, 0.05) is 18.5 Å². The van der Waals surface area contributed by atoms with Gasteiger partial charge in [-0.1, -0.05) is 45.0 Å². The highest BCUT2D eigenvalue weighted by molar-refractivity contribution is 5.77. The van der Waals surface area contributed by atoms with Crippen molar-refractivity contribution in [2.24, 2.45) is 13.0 Å². The minimum Gasteiger partial charge on any atom is -0.383 e. The summed E-state index contributed by atoms with van der Waals surface area (Å²) in [6.07, 6.45) is 1.23. The molecule has 2 N–H and O–H groups in total. The lowest BCUT2D eigenvalue weighted by Crippen LogP contribution is -1.98. The van der Waals surface area contributed by atoms with Crippen LogP contribution in [0.5, 0.6) is 0 Å². The van der Waals surface area contributed by atoms with Crippen molar-refractivity contribution in [2.45, 2.75) is 39.0 Å². The number of aromatic nitrogens is 2. The molecule has 0 saturated heterocycles. The summed E-state index contributed by atoms with van der Waals surface area (Å²) in [4.78, 5) is 0. The van der Waals surface area contributed by atoms with Gasteiger partial charge in [0.15, 0.2) is 0 Å². The minimum absolute atomic E-state index is 0.554. The largest absolute Gasteiger partial charge is 0.383 e. The molecule has 1 saturated carbocycles. The SMILES string of the molecule is CC(C)c1ccc(-c2c(C3CC3C)nn(C)c2N)cc1. The van der Waals surface area contributed by atoms with E-state index < -0.39 is 0 Å². The molecule has 106 valence electrons.